The molecule has 0 fully saturated rings. The van der Waals surface area contributed by atoms with Gasteiger partial charge in [0.05, 0.1) is 12.6 Å². The van der Waals surface area contributed by atoms with Gasteiger partial charge in [-0.1, -0.05) is 5.11 Å². The van der Waals surface area contributed by atoms with Gasteiger partial charge >= 0.3 is 10.1 Å². The van der Waals surface area contributed by atoms with Crippen molar-refractivity contribution in [2.75, 3.05) is 6.61 Å². The monoisotopic (exact) mass is 398 g/mol. The van der Waals surface area contributed by atoms with E-state index in [1.54, 1.807) is 0 Å². The summed E-state index contributed by atoms with van der Waals surface area (Å²) in [4.78, 5) is 11.0. The molecule has 0 heterocycles. The molecule has 0 spiro atoms. The fraction of sp³-hybridized carbons (Fsp3) is 0.462. The molecule has 1 aromatic rings. The second-order valence-electron chi connectivity index (χ2n) is 5.11. The number of hydrogen-bond acceptors (Lipinski definition) is 6. The molecule has 2 N–H and O–H groups in total. The Labute approximate surface area is 145 Å². The minimum Gasteiger partial charge on any atom is -0.322 e. The van der Waals surface area contributed by atoms with Gasteiger partial charge in [0.15, 0.2) is 28.2 Å². The van der Waals surface area contributed by atoms with Crippen LogP contribution in [0.2, 0.25) is 0 Å². The van der Waals surface area contributed by atoms with E-state index in [1.807, 2.05) is 4.91 Å². The van der Waals surface area contributed by atoms with E-state index in [2.05, 4.69) is 9.30 Å². The molecule has 1 unspecified atom stereocenters. The van der Waals surface area contributed by atoms with Crippen molar-refractivity contribution in [2.45, 2.75) is 37.1 Å². The van der Waals surface area contributed by atoms with Gasteiger partial charge in [-0.15, -0.1) is 0 Å². The lowest BCUT2D eigenvalue weighted by Crippen LogP contribution is -2.28. The van der Waals surface area contributed by atoms with Crippen LogP contribution in [0.5, 0.6) is 0 Å². The molecule has 0 saturated heterocycles. The first-order chi connectivity index (χ1) is 12.0. The molecule has 13 heteroatoms. The number of Topliss-reactive ketones (excluding diaryl/α,β-unsaturated/α-hetero) is 1. The Morgan fingerprint density at radius 1 is 1.19 bits per heavy atom. The molecule has 1 rings (SSSR count). The minimum absolute atomic E-state index is 0.0468. The van der Waals surface area contributed by atoms with Crippen molar-refractivity contribution in [3.05, 3.63) is 33.7 Å². The Morgan fingerprint density at radius 3 is 2.19 bits per heavy atom. The maximum absolute atomic E-state index is 13.8. The maximum atomic E-state index is 13.8. The zero-order valence-corrected chi connectivity index (χ0v) is 14.2. The molecular formula is C13H14F4N4O4S. The zero-order valence-electron chi connectivity index (χ0n) is 13.4. The van der Waals surface area contributed by atoms with Gasteiger partial charge < -0.3 is 5.73 Å². The van der Waals surface area contributed by atoms with E-state index in [9.17, 15) is 30.8 Å². The average Bonchev–Trinajstić information content (AvgIpc) is 2.56. The number of hydrogen-bond donors (Lipinski definition) is 1. The number of azide groups is 1. The van der Waals surface area contributed by atoms with Crippen LogP contribution in [0.1, 0.15) is 26.2 Å². The highest BCUT2D eigenvalue weighted by Gasteiger charge is 2.33. The van der Waals surface area contributed by atoms with E-state index >= 15 is 0 Å². The number of nitrogens with zero attached hydrogens (tertiary/aromatic N) is 3. The third-order valence-corrected chi connectivity index (χ3v) is 4.60. The first kappa shape index (κ1) is 21.8. The van der Waals surface area contributed by atoms with E-state index in [4.69, 9.17) is 11.3 Å². The van der Waals surface area contributed by atoms with Crippen molar-refractivity contribution < 1.29 is 35.0 Å². The van der Waals surface area contributed by atoms with E-state index < -0.39 is 56.6 Å². The summed E-state index contributed by atoms with van der Waals surface area (Å²) in [6.45, 7) is 0.716. The van der Waals surface area contributed by atoms with Crippen LogP contribution in [-0.2, 0) is 19.1 Å². The van der Waals surface area contributed by atoms with Gasteiger partial charge in [-0.05, 0) is 31.7 Å². The molecule has 144 valence electrons. The van der Waals surface area contributed by atoms with Crippen LogP contribution in [0.4, 0.5) is 23.2 Å². The van der Waals surface area contributed by atoms with Gasteiger partial charge in [-0.2, -0.15) is 8.42 Å². The quantitative estimate of drug-likeness (QED) is 0.130. The van der Waals surface area contributed by atoms with Gasteiger partial charge in [-0.25, -0.2) is 17.6 Å². The minimum atomic E-state index is -5.18. The topological polar surface area (TPSA) is 135 Å². The van der Waals surface area contributed by atoms with Crippen LogP contribution in [-0.4, -0.2) is 26.8 Å². The molecule has 0 saturated carbocycles. The molecule has 0 amide bonds. The van der Waals surface area contributed by atoms with Crippen molar-refractivity contribution in [1.82, 2.24) is 0 Å². The van der Waals surface area contributed by atoms with Crippen LogP contribution in [0.3, 0.4) is 0 Å². The molecule has 1 atom stereocenters. The number of ketones is 1. The standard InChI is InChI=1S/C13H14F4N4O4S/c1-6(22)7(18)4-2-3-5-25-26(23,24)13-10(16)8(14)12(20-21-19)9(15)11(13)17/h7H,2-5,18H2,1H3. The van der Waals surface area contributed by atoms with E-state index in [0.717, 1.165) is 0 Å². The zero-order chi connectivity index (χ0) is 20.1. The Morgan fingerprint density at radius 2 is 1.73 bits per heavy atom. The van der Waals surface area contributed by atoms with Crippen LogP contribution in [0, 0.1) is 23.3 Å². The average molecular weight is 398 g/mol. The number of carbonyl (C=O) groups is 1. The normalized spacial score (nSPS) is 12.5. The van der Waals surface area contributed by atoms with E-state index in [0.29, 0.717) is 0 Å². The van der Waals surface area contributed by atoms with Crippen LogP contribution < -0.4 is 5.73 Å². The highest BCUT2D eigenvalue weighted by molar-refractivity contribution is 7.86. The summed E-state index contributed by atoms with van der Waals surface area (Å²) in [5, 5.41) is 2.44. The molecule has 8 nitrogen and oxygen atoms in total. The van der Waals surface area contributed by atoms with Gasteiger partial charge in [0.2, 0.25) is 0 Å². The Hall–Kier alpha value is -2.21. The lowest BCUT2D eigenvalue weighted by atomic mass is 10.1. The third kappa shape index (κ3) is 4.91. The lowest BCUT2D eigenvalue weighted by Gasteiger charge is -2.11. The van der Waals surface area contributed by atoms with Crippen molar-refractivity contribution >= 4 is 21.6 Å². The van der Waals surface area contributed by atoms with Crippen molar-refractivity contribution in [3.8, 4) is 0 Å². The molecule has 0 aliphatic heterocycles. The molecule has 0 aromatic heterocycles. The summed E-state index contributed by atoms with van der Waals surface area (Å²) in [5.41, 5.74) is 11.9. The Balaban J connectivity index is 2.97. The summed E-state index contributed by atoms with van der Waals surface area (Å²) >= 11 is 0. The van der Waals surface area contributed by atoms with Gasteiger partial charge in [0.1, 0.15) is 11.5 Å². The van der Waals surface area contributed by atoms with Crippen LogP contribution >= 0.6 is 0 Å². The molecular weight excluding hydrogens is 384 g/mol. The number of halogens is 4. The smallest absolute Gasteiger partial charge is 0.303 e. The number of nitrogens with two attached hydrogens (primary N) is 1. The molecule has 26 heavy (non-hydrogen) atoms. The SMILES string of the molecule is CC(=O)C(N)CCCCOS(=O)(=O)c1c(F)c(F)c(N=[N+]=[N-])c(F)c1F. The third-order valence-electron chi connectivity index (χ3n) is 3.26. The number of rotatable bonds is 9. The predicted molar refractivity (Wildman–Crippen MR) is 80.7 cm³/mol. The van der Waals surface area contributed by atoms with Crippen molar-refractivity contribution in [2.24, 2.45) is 10.8 Å². The number of unbranched alkanes of at least 4 members (excludes halogenated alkanes) is 1. The van der Waals surface area contributed by atoms with Gasteiger partial charge in [-0.3, -0.25) is 8.98 Å². The number of carbonyl (C=O) groups excluding carboxylic acids is 1. The Kier molecular flexibility index (Phi) is 7.51. The maximum Gasteiger partial charge on any atom is 0.303 e. The largest absolute Gasteiger partial charge is 0.322 e. The molecule has 0 aliphatic rings. The Bertz CT molecular complexity index is 827. The molecule has 1 aromatic carbocycles. The number of benzene rings is 1. The van der Waals surface area contributed by atoms with E-state index in [1.165, 1.54) is 6.92 Å². The second-order valence-corrected chi connectivity index (χ2v) is 6.66. The molecule has 0 aliphatic carbocycles. The van der Waals surface area contributed by atoms with Crippen LogP contribution in [0.15, 0.2) is 10.0 Å². The first-order valence-corrected chi connectivity index (χ1v) is 8.51. The summed E-state index contributed by atoms with van der Waals surface area (Å²) in [6, 6.07) is -0.738. The predicted octanol–water partition coefficient (Wildman–Crippen LogP) is 2.98. The van der Waals surface area contributed by atoms with Crippen molar-refractivity contribution in [1.29, 1.82) is 0 Å². The molecule has 0 bridgehead atoms. The van der Waals surface area contributed by atoms with E-state index in [-0.39, 0.29) is 25.0 Å². The lowest BCUT2D eigenvalue weighted by molar-refractivity contribution is -0.118. The van der Waals surface area contributed by atoms with Crippen LogP contribution in [0.25, 0.3) is 10.4 Å². The van der Waals surface area contributed by atoms with Gasteiger partial charge in [0.25, 0.3) is 0 Å². The highest BCUT2D eigenvalue weighted by atomic mass is 32.2. The molecule has 0 radical (unpaired) electrons. The summed E-state index contributed by atoms with van der Waals surface area (Å²) < 4.78 is 82.9. The first-order valence-electron chi connectivity index (χ1n) is 7.11. The second kappa shape index (κ2) is 8.94. The fourth-order valence-electron chi connectivity index (χ4n) is 1.85. The van der Waals surface area contributed by atoms with Crippen molar-refractivity contribution in [3.63, 3.8) is 0 Å². The summed E-state index contributed by atoms with van der Waals surface area (Å²) in [5.74, 6) is -9.16. The summed E-state index contributed by atoms with van der Waals surface area (Å²) in [7, 11) is -5.18. The fourth-order valence-corrected chi connectivity index (χ4v) is 2.92. The highest BCUT2D eigenvalue weighted by Crippen LogP contribution is 2.33. The van der Waals surface area contributed by atoms with Gasteiger partial charge in [0, 0.05) is 4.91 Å². The summed E-state index contributed by atoms with van der Waals surface area (Å²) in [6.07, 6.45) is 0.538.